The molecule has 0 saturated heterocycles. The predicted molar refractivity (Wildman–Crippen MR) is 395 cm³/mol. The average molecular weight is 1190 g/mol. The standard InChI is InChI=1S/C48H33NSSi.C40H26/c1-3-16-36(17-4-1)51(37-18-5-2-6-19-37,38-31-29-34(30-32-38)40-24-14-25-44-43-23-9-12-28-47(43)50-48(40)44)39-20-13-15-35(33-39)49-45-26-10-7-21-41(45)42-22-8-11-27-46(42)49;1-2-9-28-22-31(17-16-27(28)8-1)33-21-20-32-23-30(18-19-34(32)24-33)29-11-7-12-35(25-29)40-26-36-10-3-4-13-37(36)38-14-5-6-15-39(38)40/h1-33H;1-26H. The maximum absolute atomic E-state index is 2.79. The van der Waals surface area contributed by atoms with Crippen LogP contribution in [0.4, 0.5) is 0 Å². The van der Waals surface area contributed by atoms with Crippen molar-refractivity contribution >= 4 is 125 Å². The van der Waals surface area contributed by atoms with Crippen LogP contribution >= 0.6 is 11.3 Å². The molecule has 0 unspecified atom stereocenters. The monoisotopic (exact) mass is 1190 g/mol. The summed E-state index contributed by atoms with van der Waals surface area (Å²) in [5.41, 5.74) is 13.7. The summed E-state index contributed by atoms with van der Waals surface area (Å²) >= 11 is 1.89. The molecule has 2 aromatic heterocycles. The molecule has 2 heterocycles. The zero-order valence-corrected chi connectivity index (χ0v) is 51.7. The molecular formula is C88H59NSSi. The topological polar surface area (TPSA) is 4.93 Å². The SMILES string of the molecule is c1cc(-c2ccc3cc(-c4ccc5ccccc5c4)ccc3c2)cc(-c2cc3ccccc3c3ccccc23)c1.c1ccc([Si](c2ccccc2)(c2ccc(-c3cccc4c3sc3ccccc34)cc2)c2cccc(-n3c4ccccc4c4ccccc43)c2)cc1. The molecule has 16 aromatic carbocycles. The Morgan fingerprint density at radius 2 is 0.670 bits per heavy atom. The molecule has 91 heavy (non-hydrogen) atoms. The van der Waals surface area contributed by atoms with E-state index in [2.05, 4.69) is 362 Å². The van der Waals surface area contributed by atoms with E-state index in [4.69, 9.17) is 0 Å². The van der Waals surface area contributed by atoms with Gasteiger partial charge in [-0.15, -0.1) is 11.3 Å². The molecule has 1 nitrogen and oxygen atoms in total. The highest BCUT2D eigenvalue weighted by Crippen LogP contribution is 2.41. The van der Waals surface area contributed by atoms with Crippen molar-refractivity contribution in [1.29, 1.82) is 0 Å². The number of hydrogen-bond acceptors (Lipinski definition) is 1. The van der Waals surface area contributed by atoms with E-state index >= 15 is 0 Å². The fourth-order valence-corrected chi connectivity index (χ4v) is 20.5. The number of aromatic nitrogens is 1. The van der Waals surface area contributed by atoms with Gasteiger partial charge >= 0.3 is 0 Å². The molecule has 426 valence electrons. The number of nitrogens with zero attached hydrogens (tertiary/aromatic N) is 1. The van der Waals surface area contributed by atoms with Crippen molar-refractivity contribution in [2.24, 2.45) is 0 Å². The van der Waals surface area contributed by atoms with Gasteiger partial charge in [-0.1, -0.05) is 297 Å². The fourth-order valence-electron chi connectivity index (χ4n) is 14.5. The molecule has 0 spiro atoms. The first-order valence-electron chi connectivity index (χ1n) is 31.4. The number of hydrogen-bond donors (Lipinski definition) is 0. The van der Waals surface area contributed by atoms with E-state index in [0.29, 0.717) is 0 Å². The van der Waals surface area contributed by atoms with Crippen LogP contribution in [0.25, 0.3) is 135 Å². The molecule has 18 aromatic rings. The first kappa shape index (κ1) is 54.0. The van der Waals surface area contributed by atoms with Gasteiger partial charge in [-0.05, 0) is 169 Å². The molecule has 0 amide bonds. The highest BCUT2D eigenvalue weighted by atomic mass is 32.1. The Bertz CT molecular complexity index is 5690. The molecular weight excluding hydrogens is 1130 g/mol. The molecule has 0 aliphatic rings. The van der Waals surface area contributed by atoms with Gasteiger partial charge in [0.05, 0.1) is 11.0 Å². The molecule has 0 aliphatic heterocycles. The van der Waals surface area contributed by atoms with E-state index < -0.39 is 8.07 Å². The van der Waals surface area contributed by atoms with Crippen molar-refractivity contribution in [3.63, 3.8) is 0 Å². The summed E-state index contributed by atoms with van der Waals surface area (Å²) in [5, 5.41) is 20.9. The van der Waals surface area contributed by atoms with Crippen molar-refractivity contribution in [3.05, 3.63) is 358 Å². The number of para-hydroxylation sites is 2. The summed E-state index contributed by atoms with van der Waals surface area (Å²) in [6, 6.07) is 132. The van der Waals surface area contributed by atoms with Gasteiger partial charge in [0.15, 0.2) is 8.07 Å². The zero-order chi connectivity index (χ0) is 60.2. The Kier molecular flexibility index (Phi) is 13.5. The lowest BCUT2D eigenvalue weighted by Gasteiger charge is -2.35. The molecule has 0 radical (unpaired) electrons. The van der Waals surface area contributed by atoms with E-state index in [-0.39, 0.29) is 0 Å². The minimum absolute atomic E-state index is 1.18. The summed E-state index contributed by atoms with van der Waals surface area (Å²) < 4.78 is 5.12. The van der Waals surface area contributed by atoms with Gasteiger partial charge in [-0.3, -0.25) is 0 Å². The van der Waals surface area contributed by atoms with Crippen molar-refractivity contribution < 1.29 is 0 Å². The molecule has 3 heteroatoms. The number of rotatable bonds is 9. The maximum atomic E-state index is 2.47. The molecule has 0 saturated carbocycles. The third kappa shape index (κ3) is 9.45. The van der Waals surface area contributed by atoms with E-state index in [1.54, 1.807) is 0 Å². The summed E-state index contributed by atoms with van der Waals surface area (Å²) in [4.78, 5) is 0. The van der Waals surface area contributed by atoms with Crippen LogP contribution in [0.2, 0.25) is 0 Å². The van der Waals surface area contributed by atoms with Gasteiger partial charge in [-0.2, -0.15) is 0 Å². The Morgan fingerprint density at radius 1 is 0.220 bits per heavy atom. The highest BCUT2D eigenvalue weighted by molar-refractivity contribution is 7.26. The summed E-state index contributed by atoms with van der Waals surface area (Å²) in [5.74, 6) is 0. The Labute approximate surface area is 534 Å². The second-order valence-corrected chi connectivity index (χ2v) is 28.7. The largest absolute Gasteiger partial charge is 0.309 e. The van der Waals surface area contributed by atoms with Crippen molar-refractivity contribution in [2.75, 3.05) is 0 Å². The van der Waals surface area contributed by atoms with Gasteiger partial charge in [-0.25, -0.2) is 0 Å². The Balaban J connectivity index is 0.000000144. The van der Waals surface area contributed by atoms with Gasteiger partial charge < -0.3 is 4.57 Å². The van der Waals surface area contributed by atoms with Gasteiger partial charge in [0.2, 0.25) is 0 Å². The van der Waals surface area contributed by atoms with Crippen LogP contribution in [-0.2, 0) is 0 Å². The molecule has 18 rings (SSSR count). The predicted octanol–water partition coefficient (Wildman–Crippen LogP) is 21.5. The fraction of sp³-hybridized carbons (Fsp3) is 0. The molecule has 0 N–H and O–H groups in total. The minimum atomic E-state index is -2.79. The molecule has 0 bridgehead atoms. The first-order chi connectivity index (χ1) is 45.1. The maximum Gasteiger partial charge on any atom is 0.179 e. The average Bonchev–Trinajstić information content (AvgIpc) is 1.90. The second-order valence-electron chi connectivity index (χ2n) is 23.9. The quantitative estimate of drug-likeness (QED) is 0.0771. The number of benzene rings is 16. The van der Waals surface area contributed by atoms with Gasteiger partial charge in [0.1, 0.15) is 0 Å². The van der Waals surface area contributed by atoms with Crippen LogP contribution < -0.4 is 20.7 Å². The normalized spacial score (nSPS) is 11.7. The Morgan fingerprint density at radius 3 is 1.34 bits per heavy atom. The summed E-state index contributed by atoms with van der Waals surface area (Å²) in [7, 11) is -2.79. The van der Waals surface area contributed by atoms with Crippen LogP contribution in [0.5, 0.6) is 0 Å². The summed E-state index contributed by atoms with van der Waals surface area (Å²) in [6.45, 7) is 0. The lowest BCUT2D eigenvalue weighted by Crippen LogP contribution is -2.74. The third-order valence-corrected chi connectivity index (χ3v) is 24.8. The van der Waals surface area contributed by atoms with Crippen LogP contribution in [0.3, 0.4) is 0 Å². The van der Waals surface area contributed by atoms with E-state index in [9.17, 15) is 0 Å². The molecule has 0 fully saturated rings. The smallest absolute Gasteiger partial charge is 0.179 e. The Hall–Kier alpha value is -11.2. The zero-order valence-electron chi connectivity index (χ0n) is 49.9. The third-order valence-electron chi connectivity index (χ3n) is 18.8. The molecule has 0 atom stereocenters. The highest BCUT2D eigenvalue weighted by Gasteiger charge is 2.41. The number of fused-ring (bicyclic) bond motifs is 11. The van der Waals surface area contributed by atoms with Crippen molar-refractivity contribution in [1.82, 2.24) is 4.57 Å². The molecule has 0 aliphatic carbocycles. The van der Waals surface area contributed by atoms with Crippen molar-refractivity contribution in [2.45, 2.75) is 0 Å². The van der Waals surface area contributed by atoms with Crippen LogP contribution in [0.15, 0.2) is 358 Å². The van der Waals surface area contributed by atoms with Crippen LogP contribution in [0.1, 0.15) is 0 Å². The van der Waals surface area contributed by atoms with Gasteiger partial charge in [0.25, 0.3) is 0 Å². The minimum Gasteiger partial charge on any atom is -0.309 e. The van der Waals surface area contributed by atoms with E-state index in [1.807, 2.05) is 11.3 Å². The lowest BCUT2D eigenvalue weighted by molar-refractivity contribution is 1.18. The first-order valence-corrected chi connectivity index (χ1v) is 34.2. The lowest BCUT2D eigenvalue weighted by atomic mass is 9.91. The van der Waals surface area contributed by atoms with E-state index in [1.165, 1.54) is 156 Å². The van der Waals surface area contributed by atoms with Crippen LogP contribution in [0, 0.1) is 0 Å². The van der Waals surface area contributed by atoms with Crippen molar-refractivity contribution in [3.8, 4) is 50.2 Å². The summed E-state index contributed by atoms with van der Waals surface area (Å²) in [6.07, 6.45) is 0. The second kappa shape index (κ2) is 22.7. The van der Waals surface area contributed by atoms with Crippen LogP contribution in [-0.4, -0.2) is 12.6 Å². The number of thiophene rings is 1. The van der Waals surface area contributed by atoms with E-state index in [0.717, 1.165) is 0 Å². The van der Waals surface area contributed by atoms with Gasteiger partial charge in [0, 0.05) is 36.6 Å².